The zero-order valence-corrected chi connectivity index (χ0v) is 15.6. The molecule has 1 aromatic rings. The average Bonchev–Trinajstić information content (AvgIpc) is 2.41. The topological polar surface area (TPSA) is 66.5 Å². The summed E-state index contributed by atoms with van der Waals surface area (Å²) in [4.78, 5) is 12.3. The van der Waals surface area contributed by atoms with Crippen LogP contribution in [0.25, 0.3) is 0 Å². The van der Waals surface area contributed by atoms with Crippen LogP contribution in [0.1, 0.15) is 42.9 Å². The Labute approximate surface area is 140 Å². The van der Waals surface area contributed by atoms with Crippen LogP contribution in [0.4, 0.5) is 5.69 Å². The molecule has 0 heterocycles. The minimum absolute atomic E-state index is 0.144. The molecule has 0 fully saturated rings. The Morgan fingerprint density at radius 1 is 1.13 bits per heavy atom. The number of rotatable bonds is 8. The van der Waals surface area contributed by atoms with Gasteiger partial charge in [0.1, 0.15) is 0 Å². The van der Waals surface area contributed by atoms with Crippen molar-refractivity contribution in [2.75, 3.05) is 24.7 Å². The number of amides is 1. The summed E-state index contributed by atoms with van der Waals surface area (Å²) < 4.78 is 24.9. The van der Waals surface area contributed by atoms with E-state index in [4.69, 9.17) is 0 Å². The molecule has 0 aliphatic carbocycles. The molecule has 0 aromatic heterocycles. The van der Waals surface area contributed by atoms with Gasteiger partial charge in [0.05, 0.1) is 12.8 Å². The lowest BCUT2D eigenvalue weighted by Crippen LogP contribution is -2.38. The van der Waals surface area contributed by atoms with Crippen LogP contribution >= 0.6 is 0 Å². The number of anilines is 1. The van der Waals surface area contributed by atoms with Crippen molar-refractivity contribution >= 4 is 21.6 Å². The molecule has 6 heteroatoms. The number of unbranched alkanes of at least 4 members (excludes halogenated alkanes) is 2. The summed E-state index contributed by atoms with van der Waals surface area (Å²) >= 11 is 0. The number of sulfonamides is 1. The third kappa shape index (κ3) is 6.31. The lowest BCUT2D eigenvalue weighted by atomic mass is 10.1. The van der Waals surface area contributed by atoms with E-state index in [1.54, 1.807) is 0 Å². The molecule has 0 atom stereocenters. The number of hydrogen-bond acceptors (Lipinski definition) is 3. The summed E-state index contributed by atoms with van der Waals surface area (Å²) in [6.07, 6.45) is 3.86. The second-order valence-corrected chi connectivity index (χ2v) is 8.11. The van der Waals surface area contributed by atoms with E-state index in [0.29, 0.717) is 6.54 Å². The molecular formula is C17H28N2O3S. The predicted octanol–water partition coefficient (Wildman–Crippen LogP) is 3.00. The molecule has 1 rings (SSSR count). The van der Waals surface area contributed by atoms with Crippen LogP contribution in [0.2, 0.25) is 0 Å². The van der Waals surface area contributed by atoms with E-state index >= 15 is 0 Å². The summed E-state index contributed by atoms with van der Waals surface area (Å²) in [5.41, 5.74) is 3.86. The van der Waals surface area contributed by atoms with E-state index in [1.807, 2.05) is 32.9 Å². The zero-order chi connectivity index (χ0) is 17.6. The van der Waals surface area contributed by atoms with Gasteiger partial charge in [-0.05, 0) is 38.3 Å². The molecule has 0 saturated heterocycles. The Balaban J connectivity index is 2.80. The molecule has 0 aliphatic rings. The Bertz CT molecular complexity index is 631. The van der Waals surface area contributed by atoms with Crippen molar-refractivity contribution in [2.24, 2.45) is 0 Å². The highest BCUT2D eigenvalue weighted by atomic mass is 32.2. The van der Waals surface area contributed by atoms with Gasteiger partial charge >= 0.3 is 0 Å². The van der Waals surface area contributed by atoms with Crippen molar-refractivity contribution in [3.05, 3.63) is 28.8 Å². The van der Waals surface area contributed by atoms with Crippen LogP contribution < -0.4 is 5.32 Å². The average molecular weight is 340 g/mol. The van der Waals surface area contributed by atoms with Crippen LogP contribution in [0, 0.1) is 20.8 Å². The van der Waals surface area contributed by atoms with Crippen LogP contribution in [0.3, 0.4) is 0 Å². The molecule has 23 heavy (non-hydrogen) atoms. The normalized spacial score (nSPS) is 11.7. The van der Waals surface area contributed by atoms with Gasteiger partial charge in [-0.3, -0.25) is 4.79 Å². The first kappa shape index (κ1) is 19.6. The summed E-state index contributed by atoms with van der Waals surface area (Å²) in [6, 6.07) is 4.00. The highest BCUT2D eigenvalue weighted by Crippen LogP contribution is 2.21. The number of carbonyl (C=O) groups excluding carboxylic acids is 1. The number of hydrogen-bond donors (Lipinski definition) is 1. The summed E-state index contributed by atoms with van der Waals surface area (Å²) in [5.74, 6) is -0.304. The maximum Gasteiger partial charge on any atom is 0.239 e. The first-order chi connectivity index (χ1) is 10.6. The monoisotopic (exact) mass is 340 g/mol. The van der Waals surface area contributed by atoms with Gasteiger partial charge in [-0.15, -0.1) is 0 Å². The Morgan fingerprint density at radius 2 is 1.70 bits per heavy atom. The fourth-order valence-corrected chi connectivity index (χ4v) is 3.43. The van der Waals surface area contributed by atoms with E-state index in [0.717, 1.165) is 47.9 Å². The second-order valence-electron chi connectivity index (χ2n) is 6.13. The molecular weight excluding hydrogens is 312 g/mol. The smallest absolute Gasteiger partial charge is 0.239 e. The van der Waals surface area contributed by atoms with E-state index < -0.39 is 10.0 Å². The number of nitrogens with one attached hydrogen (secondary N) is 1. The molecule has 1 amide bonds. The zero-order valence-electron chi connectivity index (χ0n) is 14.8. The molecule has 5 nitrogen and oxygen atoms in total. The van der Waals surface area contributed by atoms with Crippen molar-refractivity contribution in [2.45, 2.75) is 47.0 Å². The highest BCUT2D eigenvalue weighted by molar-refractivity contribution is 7.88. The van der Waals surface area contributed by atoms with E-state index in [9.17, 15) is 13.2 Å². The summed E-state index contributed by atoms with van der Waals surface area (Å²) in [7, 11) is -3.39. The predicted molar refractivity (Wildman–Crippen MR) is 95.2 cm³/mol. The highest BCUT2D eigenvalue weighted by Gasteiger charge is 2.20. The lowest BCUT2D eigenvalue weighted by Gasteiger charge is -2.20. The van der Waals surface area contributed by atoms with Gasteiger partial charge in [-0.25, -0.2) is 8.42 Å². The van der Waals surface area contributed by atoms with Crippen LogP contribution in [0.5, 0.6) is 0 Å². The molecule has 0 bridgehead atoms. The molecule has 0 spiro atoms. The van der Waals surface area contributed by atoms with E-state index in [2.05, 4.69) is 12.2 Å². The third-order valence-electron chi connectivity index (χ3n) is 3.74. The van der Waals surface area contributed by atoms with Crippen LogP contribution in [0.15, 0.2) is 12.1 Å². The number of benzene rings is 1. The second kappa shape index (κ2) is 8.45. The number of carbonyl (C=O) groups is 1. The molecule has 0 saturated carbocycles. The van der Waals surface area contributed by atoms with E-state index in [1.165, 1.54) is 4.31 Å². The first-order valence-electron chi connectivity index (χ1n) is 7.98. The van der Waals surface area contributed by atoms with Crippen molar-refractivity contribution < 1.29 is 13.2 Å². The van der Waals surface area contributed by atoms with Crippen LogP contribution in [-0.2, 0) is 14.8 Å². The fourth-order valence-electron chi connectivity index (χ4n) is 2.62. The minimum Gasteiger partial charge on any atom is -0.324 e. The van der Waals surface area contributed by atoms with Gasteiger partial charge in [0.2, 0.25) is 15.9 Å². The Morgan fingerprint density at radius 3 is 2.17 bits per heavy atom. The SMILES string of the molecule is CCCCCN(CC(=O)Nc1c(C)cc(C)cc1C)S(C)(=O)=O. The van der Waals surface area contributed by atoms with Gasteiger partial charge in [-0.2, -0.15) is 4.31 Å². The maximum absolute atomic E-state index is 12.3. The quantitative estimate of drug-likeness (QED) is 0.740. The standard InChI is InChI=1S/C17H28N2O3S/c1-6-7-8-9-19(23(5,21)22)12-16(20)18-17-14(3)10-13(2)11-15(17)4/h10-11H,6-9,12H2,1-5H3,(H,18,20). The maximum atomic E-state index is 12.3. The van der Waals surface area contributed by atoms with Gasteiger partial charge in [-0.1, -0.05) is 37.5 Å². The Hall–Kier alpha value is -1.40. The van der Waals surface area contributed by atoms with Crippen molar-refractivity contribution in [1.82, 2.24) is 4.31 Å². The molecule has 0 radical (unpaired) electrons. The molecule has 130 valence electrons. The third-order valence-corrected chi connectivity index (χ3v) is 4.99. The largest absolute Gasteiger partial charge is 0.324 e. The fraction of sp³-hybridized carbons (Fsp3) is 0.588. The number of aryl methyl sites for hydroxylation is 3. The molecule has 0 unspecified atom stereocenters. The van der Waals surface area contributed by atoms with Crippen molar-refractivity contribution in [3.8, 4) is 0 Å². The molecule has 1 aromatic carbocycles. The number of nitrogens with zero attached hydrogens (tertiary/aromatic N) is 1. The molecule has 0 aliphatic heterocycles. The Kier molecular flexibility index (Phi) is 7.22. The minimum atomic E-state index is -3.39. The van der Waals surface area contributed by atoms with Gasteiger partial charge in [0, 0.05) is 12.2 Å². The molecule has 1 N–H and O–H groups in total. The van der Waals surface area contributed by atoms with Crippen molar-refractivity contribution in [1.29, 1.82) is 0 Å². The summed E-state index contributed by atoms with van der Waals surface area (Å²) in [6.45, 7) is 8.17. The van der Waals surface area contributed by atoms with Crippen LogP contribution in [-0.4, -0.2) is 38.0 Å². The first-order valence-corrected chi connectivity index (χ1v) is 9.82. The van der Waals surface area contributed by atoms with Gasteiger partial charge in [0.25, 0.3) is 0 Å². The lowest BCUT2D eigenvalue weighted by molar-refractivity contribution is -0.116. The van der Waals surface area contributed by atoms with Gasteiger partial charge < -0.3 is 5.32 Å². The van der Waals surface area contributed by atoms with Crippen molar-refractivity contribution in [3.63, 3.8) is 0 Å². The van der Waals surface area contributed by atoms with E-state index in [-0.39, 0.29) is 12.5 Å². The van der Waals surface area contributed by atoms with Gasteiger partial charge in [0.15, 0.2) is 0 Å². The summed E-state index contributed by atoms with van der Waals surface area (Å²) in [5, 5.41) is 2.85.